The first kappa shape index (κ1) is 9.02. The maximum absolute atomic E-state index is 12.8. The van der Waals surface area contributed by atoms with Crippen LogP contribution in [-0.2, 0) is 6.42 Å². The van der Waals surface area contributed by atoms with Crippen LogP contribution >= 0.6 is 11.6 Å². The maximum Gasteiger partial charge on any atom is 0.127 e. The quantitative estimate of drug-likeness (QED) is 0.657. The third kappa shape index (κ3) is 1.75. The summed E-state index contributed by atoms with van der Waals surface area (Å²) in [6, 6.07) is 4.80. The molecule has 0 N–H and O–H groups in total. The summed E-state index contributed by atoms with van der Waals surface area (Å²) in [5, 5.41) is 8.72. The molecule has 0 unspecified atom stereocenters. The Kier molecular flexibility index (Phi) is 2.67. The molecule has 0 aliphatic carbocycles. The lowest BCUT2D eigenvalue weighted by Gasteiger charge is -2.01. The fourth-order valence-electron chi connectivity index (χ4n) is 0.938. The van der Waals surface area contributed by atoms with Crippen molar-refractivity contribution in [3.63, 3.8) is 0 Å². The lowest BCUT2D eigenvalue weighted by atomic mass is 10.1. The van der Waals surface area contributed by atoms with Gasteiger partial charge in [0.15, 0.2) is 0 Å². The zero-order valence-corrected chi connectivity index (χ0v) is 7.32. The summed E-state index contributed by atoms with van der Waals surface area (Å²) >= 11 is 5.69. The molecule has 0 aliphatic rings. The van der Waals surface area contributed by atoms with Crippen LogP contribution < -0.4 is 0 Å². The molecule has 0 atom stereocenters. The summed E-state index contributed by atoms with van der Waals surface area (Å²) in [6.45, 7) is 1.65. The zero-order chi connectivity index (χ0) is 9.14. The highest BCUT2D eigenvalue weighted by Gasteiger charge is 2.04. The van der Waals surface area contributed by atoms with Gasteiger partial charge in [-0.25, -0.2) is 4.39 Å². The van der Waals surface area contributed by atoms with Gasteiger partial charge in [0.1, 0.15) is 5.82 Å². The molecule has 0 radical (unpaired) electrons. The van der Waals surface area contributed by atoms with Gasteiger partial charge in [-0.1, -0.05) is 17.7 Å². The van der Waals surface area contributed by atoms with Crippen LogP contribution in [0, 0.1) is 24.1 Å². The Bertz CT molecular complexity index is 341. The van der Waals surface area contributed by atoms with Crippen LogP contribution in [0.5, 0.6) is 0 Å². The molecule has 3 heteroatoms. The average Bonchev–Trinajstić information content (AvgIpc) is 2.01. The van der Waals surface area contributed by atoms with E-state index in [9.17, 15) is 4.39 Å². The van der Waals surface area contributed by atoms with Crippen molar-refractivity contribution in [1.29, 1.82) is 5.26 Å². The number of halogens is 2. The predicted octanol–water partition coefficient (Wildman–Crippen LogP) is 2.85. The highest BCUT2D eigenvalue weighted by Crippen LogP contribution is 2.20. The van der Waals surface area contributed by atoms with Gasteiger partial charge in [-0.3, -0.25) is 0 Å². The van der Waals surface area contributed by atoms with Crippen molar-refractivity contribution < 1.29 is 4.39 Å². The Morgan fingerprint density at radius 2 is 2.25 bits per heavy atom. The molecule has 0 bridgehead atoms. The summed E-state index contributed by atoms with van der Waals surface area (Å²) in [6.07, 6.45) is 0.222. The number of rotatable bonds is 1. The van der Waals surface area contributed by atoms with E-state index in [2.05, 4.69) is 0 Å². The van der Waals surface area contributed by atoms with Gasteiger partial charge in [0.25, 0.3) is 0 Å². The molecule has 12 heavy (non-hydrogen) atoms. The van der Waals surface area contributed by atoms with Gasteiger partial charge in [0.2, 0.25) is 0 Å². The molecule has 0 aliphatic heterocycles. The molecule has 0 amide bonds. The minimum atomic E-state index is -0.332. The first-order valence-corrected chi connectivity index (χ1v) is 3.84. The molecule has 0 spiro atoms. The molecule has 0 saturated carbocycles. The highest BCUT2D eigenvalue weighted by molar-refractivity contribution is 6.31. The molecule has 1 rings (SSSR count). The van der Waals surface area contributed by atoms with Crippen molar-refractivity contribution in [2.75, 3.05) is 0 Å². The van der Waals surface area contributed by atoms with Gasteiger partial charge in [-0.15, -0.1) is 0 Å². The summed E-state index contributed by atoms with van der Waals surface area (Å²) in [4.78, 5) is 0. The van der Waals surface area contributed by atoms with Crippen molar-refractivity contribution in [2.24, 2.45) is 0 Å². The van der Waals surface area contributed by atoms with Gasteiger partial charge in [-0.2, -0.15) is 5.26 Å². The van der Waals surface area contributed by atoms with Crippen LogP contribution in [0.15, 0.2) is 12.1 Å². The molecule has 0 fully saturated rings. The molecule has 0 saturated heterocycles. The molecule has 0 aromatic heterocycles. The molecular formula is C9H7ClFN. The SMILES string of the molecule is Cc1cc(CC#N)c(Cl)cc1F. The van der Waals surface area contributed by atoms with Crippen LogP contribution in [0.4, 0.5) is 4.39 Å². The Hall–Kier alpha value is -1.07. The summed E-state index contributed by atoms with van der Waals surface area (Å²) in [5.74, 6) is -0.332. The standard InChI is InChI=1S/C9H7ClFN/c1-6-4-7(2-3-12)8(10)5-9(6)11/h4-5H,2H2,1H3. The third-order valence-electron chi connectivity index (χ3n) is 1.60. The van der Waals surface area contributed by atoms with E-state index < -0.39 is 0 Å². The number of benzene rings is 1. The van der Waals surface area contributed by atoms with Gasteiger partial charge in [0.05, 0.1) is 12.5 Å². The van der Waals surface area contributed by atoms with Crippen molar-refractivity contribution in [3.05, 3.63) is 34.1 Å². The predicted molar refractivity (Wildman–Crippen MR) is 45.5 cm³/mol. The minimum absolute atomic E-state index is 0.222. The minimum Gasteiger partial charge on any atom is -0.207 e. The maximum atomic E-state index is 12.8. The van der Waals surface area contributed by atoms with E-state index in [0.717, 1.165) is 0 Å². The molecule has 1 aromatic rings. The van der Waals surface area contributed by atoms with E-state index in [1.807, 2.05) is 6.07 Å². The number of hydrogen-bond donors (Lipinski definition) is 0. The Morgan fingerprint density at radius 1 is 1.58 bits per heavy atom. The second kappa shape index (κ2) is 3.55. The van der Waals surface area contributed by atoms with E-state index in [4.69, 9.17) is 16.9 Å². The Labute approximate surface area is 75.4 Å². The number of nitriles is 1. The number of hydrogen-bond acceptors (Lipinski definition) is 1. The van der Waals surface area contributed by atoms with Crippen molar-refractivity contribution in [2.45, 2.75) is 13.3 Å². The molecule has 1 aromatic carbocycles. The van der Waals surface area contributed by atoms with Crippen molar-refractivity contribution in [3.8, 4) is 6.07 Å². The van der Waals surface area contributed by atoms with Crippen LogP contribution in [0.25, 0.3) is 0 Å². The van der Waals surface area contributed by atoms with Gasteiger partial charge < -0.3 is 0 Å². The molecule has 0 heterocycles. The van der Waals surface area contributed by atoms with Gasteiger partial charge in [-0.05, 0) is 24.1 Å². The van der Waals surface area contributed by atoms with E-state index in [1.165, 1.54) is 6.07 Å². The van der Waals surface area contributed by atoms with E-state index in [1.54, 1.807) is 13.0 Å². The van der Waals surface area contributed by atoms with Crippen LogP contribution in [-0.4, -0.2) is 0 Å². The Balaban J connectivity index is 3.16. The topological polar surface area (TPSA) is 23.8 Å². The second-order valence-electron chi connectivity index (χ2n) is 2.53. The lowest BCUT2D eigenvalue weighted by molar-refractivity contribution is 0.618. The van der Waals surface area contributed by atoms with Gasteiger partial charge in [0, 0.05) is 5.02 Å². The second-order valence-corrected chi connectivity index (χ2v) is 2.93. The fraction of sp³-hybridized carbons (Fsp3) is 0.222. The normalized spacial score (nSPS) is 9.50. The van der Waals surface area contributed by atoms with E-state index in [0.29, 0.717) is 16.1 Å². The van der Waals surface area contributed by atoms with Gasteiger partial charge >= 0.3 is 0 Å². The van der Waals surface area contributed by atoms with E-state index in [-0.39, 0.29) is 12.2 Å². The smallest absolute Gasteiger partial charge is 0.127 e. The monoisotopic (exact) mass is 183 g/mol. The highest BCUT2D eigenvalue weighted by atomic mass is 35.5. The van der Waals surface area contributed by atoms with E-state index >= 15 is 0 Å². The summed E-state index contributed by atoms with van der Waals surface area (Å²) in [7, 11) is 0. The fourth-order valence-corrected chi connectivity index (χ4v) is 1.15. The number of nitrogens with zero attached hydrogens (tertiary/aromatic N) is 1. The zero-order valence-electron chi connectivity index (χ0n) is 6.56. The third-order valence-corrected chi connectivity index (χ3v) is 1.95. The average molecular weight is 184 g/mol. The number of aryl methyl sites for hydroxylation is 1. The van der Waals surface area contributed by atoms with Crippen molar-refractivity contribution >= 4 is 11.6 Å². The summed E-state index contributed by atoms with van der Waals surface area (Å²) in [5.41, 5.74) is 1.20. The van der Waals surface area contributed by atoms with Crippen LogP contribution in [0.1, 0.15) is 11.1 Å². The molecule has 62 valence electrons. The Morgan fingerprint density at radius 3 is 2.83 bits per heavy atom. The lowest BCUT2D eigenvalue weighted by Crippen LogP contribution is -1.89. The molecule has 1 nitrogen and oxygen atoms in total. The first-order valence-electron chi connectivity index (χ1n) is 3.46. The first-order chi connectivity index (χ1) is 5.65. The molecular weight excluding hydrogens is 177 g/mol. The largest absolute Gasteiger partial charge is 0.207 e. The van der Waals surface area contributed by atoms with Crippen molar-refractivity contribution in [1.82, 2.24) is 0 Å². The van der Waals surface area contributed by atoms with Crippen LogP contribution in [0.2, 0.25) is 5.02 Å². The van der Waals surface area contributed by atoms with Crippen LogP contribution in [0.3, 0.4) is 0 Å². The summed E-state index contributed by atoms with van der Waals surface area (Å²) < 4.78 is 12.8.